The van der Waals surface area contributed by atoms with Crippen molar-refractivity contribution in [3.8, 4) is 16.9 Å². The van der Waals surface area contributed by atoms with Gasteiger partial charge in [-0.3, -0.25) is 0 Å². The molecule has 3 aromatic rings. The first-order chi connectivity index (χ1) is 12.3. The molecule has 3 rings (SSSR count). The van der Waals surface area contributed by atoms with Crippen molar-refractivity contribution < 1.29 is 14.2 Å². The van der Waals surface area contributed by atoms with Crippen molar-refractivity contribution in [2.75, 3.05) is 6.61 Å². The van der Waals surface area contributed by atoms with Gasteiger partial charge in [-0.15, -0.1) is 0 Å². The number of hydrogen-bond acceptors (Lipinski definition) is 2. The average Bonchev–Trinajstić information content (AvgIpc) is 2.66. The number of aryl methyl sites for hydroxylation is 1. The van der Waals surface area contributed by atoms with Gasteiger partial charge in [0.1, 0.15) is 18.2 Å². The van der Waals surface area contributed by atoms with Crippen LogP contribution in [0.3, 0.4) is 0 Å². The summed E-state index contributed by atoms with van der Waals surface area (Å²) < 4.78 is 20.1. The quantitative estimate of drug-likeness (QED) is 0.658. The highest BCUT2D eigenvalue weighted by Gasteiger charge is 2.07. The molecule has 0 saturated carbocycles. The third-order valence-corrected chi connectivity index (χ3v) is 4.08. The summed E-state index contributed by atoms with van der Waals surface area (Å²) in [6, 6.07) is 22.6. The van der Waals surface area contributed by atoms with Crippen LogP contribution in [0.1, 0.15) is 17.5 Å². The van der Waals surface area contributed by atoms with Crippen LogP contribution < -0.4 is 4.74 Å². The third-order valence-electron chi connectivity index (χ3n) is 4.08. The van der Waals surface area contributed by atoms with Gasteiger partial charge < -0.3 is 9.84 Å². The largest absolute Gasteiger partial charge is 0.489 e. The Morgan fingerprint density at radius 2 is 1.60 bits per heavy atom. The summed E-state index contributed by atoms with van der Waals surface area (Å²) in [6.45, 7) is 0.597. The Kier molecular flexibility index (Phi) is 5.81. The molecule has 0 aromatic heterocycles. The van der Waals surface area contributed by atoms with E-state index in [1.165, 1.54) is 6.07 Å². The van der Waals surface area contributed by atoms with E-state index in [4.69, 9.17) is 9.84 Å². The molecule has 0 saturated heterocycles. The predicted octanol–water partition coefficient (Wildman–Crippen LogP) is 5.00. The van der Waals surface area contributed by atoms with Crippen molar-refractivity contribution >= 4 is 0 Å². The van der Waals surface area contributed by atoms with Crippen LogP contribution in [0, 0.1) is 5.82 Å². The van der Waals surface area contributed by atoms with E-state index in [9.17, 15) is 4.39 Å². The van der Waals surface area contributed by atoms with Crippen LogP contribution in [0.5, 0.6) is 5.75 Å². The molecular weight excluding hydrogens is 315 g/mol. The SMILES string of the molecule is OCCCc1ccc(-c2ccc(OCc3ccccc3)cc2F)cc1. The molecule has 25 heavy (non-hydrogen) atoms. The fourth-order valence-electron chi connectivity index (χ4n) is 2.69. The van der Waals surface area contributed by atoms with Crippen molar-refractivity contribution in [3.63, 3.8) is 0 Å². The minimum Gasteiger partial charge on any atom is -0.489 e. The fourth-order valence-corrected chi connectivity index (χ4v) is 2.69. The van der Waals surface area contributed by atoms with Crippen LogP contribution in [0.4, 0.5) is 4.39 Å². The van der Waals surface area contributed by atoms with Crippen molar-refractivity contribution in [1.29, 1.82) is 0 Å². The van der Waals surface area contributed by atoms with Crippen molar-refractivity contribution in [3.05, 3.63) is 89.7 Å². The highest BCUT2D eigenvalue weighted by Crippen LogP contribution is 2.27. The van der Waals surface area contributed by atoms with Crippen LogP contribution in [0.25, 0.3) is 11.1 Å². The molecule has 0 aliphatic carbocycles. The fraction of sp³-hybridized carbons (Fsp3) is 0.182. The number of halogens is 1. The van der Waals surface area contributed by atoms with Gasteiger partial charge in [0.05, 0.1) is 0 Å². The van der Waals surface area contributed by atoms with Gasteiger partial charge >= 0.3 is 0 Å². The van der Waals surface area contributed by atoms with Crippen molar-refractivity contribution in [2.45, 2.75) is 19.4 Å². The van der Waals surface area contributed by atoms with E-state index in [1.807, 2.05) is 54.6 Å². The Hall–Kier alpha value is -2.65. The summed E-state index contributed by atoms with van der Waals surface area (Å²) in [7, 11) is 0. The van der Waals surface area contributed by atoms with Crippen LogP contribution >= 0.6 is 0 Å². The second-order valence-corrected chi connectivity index (χ2v) is 5.94. The van der Waals surface area contributed by atoms with Gasteiger partial charge in [0.25, 0.3) is 0 Å². The monoisotopic (exact) mass is 336 g/mol. The average molecular weight is 336 g/mol. The van der Waals surface area contributed by atoms with Gasteiger partial charge in [0, 0.05) is 18.2 Å². The molecule has 3 aromatic carbocycles. The number of aliphatic hydroxyl groups is 1. The smallest absolute Gasteiger partial charge is 0.134 e. The maximum Gasteiger partial charge on any atom is 0.134 e. The molecule has 0 heterocycles. The lowest BCUT2D eigenvalue weighted by Gasteiger charge is -2.09. The lowest BCUT2D eigenvalue weighted by Crippen LogP contribution is -1.96. The Morgan fingerprint density at radius 3 is 2.28 bits per heavy atom. The van der Waals surface area contributed by atoms with Crippen LogP contribution in [-0.2, 0) is 13.0 Å². The molecule has 0 unspecified atom stereocenters. The van der Waals surface area contributed by atoms with Crippen LogP contribution in [-0.4, -0.2) is 11.7 Å². The molecule has 0 amide bonds. The number of benzene rings is 3. The van der Waals surface area contributed by atoms with Gasteiger partial charge in [-0.2, -0.15) is 0 Å². The van der Waals surface area contributed by atoms with Crippen molar-refractivity contribution in [1.82, 2.24) is 0 Å². The van der Waals surface area contributed by atoms with E-state index in [2.05, 4.69) is 0 Å². The molecule has 1 N–H and O–H groups in total. The Balaban J connectivity index is 1.69. The molecular formula is C22H21FO2. The normalized spacial score (nSPS) is 10.6. The molecule has 128 valence electrons. The highest BCUT2D eigenvalue weighted by molar-refractivity contribution is 5.65. The number of rotatable bonds is 7. The summed E-state index contributed by atoms with van der Waals surface area (Å²) in [5.74, 6) is 0.221. The predicted molar refractivity (Wildman–Crippen MR) is 98.0 cm³/mol. The summed E-state index contributed by atoms with van der Waals surface area (Å²) in [6.07, 6.45) is 1.56. The first-order valence-corrected chi connectivity index (χ1v) is 8.43. The van der Waals surface area contributed by atoms with E-state index in [0.29, 0.717) is 17.9 Å². The Bertz CT molecular complexity index is 798. The van der Waals surface area contributed by atoms with E-state index in [-0.39, 0.29) is 12.4 Å². The zero-order valence-electron chi connectivity index (χ0n) is 14.0. The van der Waals surface area contributed by atoms with E-state index in [1.54, 1.807) is 12.1 Å². The van der Waals surface area contributed by atoms with E-state index in [0.717, 1.165) is 29.5 Å². The summed E-state index contributed by atoms with van der Waals surface area (Å²) >= 11 is 0. The standard InChI is InChI=1S/C22H21FO2/c23-22-15-20(25-16-18-5-2-1-3-6-18)12-13-21(22)19-10-8-17(9-11-19)7-4-14-24/h1-3,5-6,8-13,15,24H,4,7,14,16H2. The van der Waals surface area contributed by atoms with Gasteiger partial charge in [-0.25, -0.2) is 4.39 Å². The summed E-state index contributed by atoms with van der Waals surface area (Å²) in [5, 5.41) is 8.88. The first kappa shape index (κ1) is 17.2. The third kappa shape index (κ3) is 4.68. The highest BCUT2D eigenvalue weighted by atomic mass is 19.1. The molecule has 0 atom stereocenters. The zero-order chi connectivity index (χ0) is 17.5. The molecule has 3 heteroatoms. The topological polar surface area (TPSA) is 29.5 Å². The van der Waals surface area contributed by atoms with Crippen LogP contribution in [0.15, 0.2) is 72.8 Å². The molecule has 0 radical (unpaired) electrons. The van der Waals surface area contributed by atoms with E-state index >= 15 is 0 Å². The van der Waals surface area contributed by atoms with Gasteiger partial charge in [0.2, 0.25) is 0 Å². The molecule has 0 aliphatic rings. The maximum atomic E-state index is 14.5. The maximum absolute atomic E-state index is 14.5. The van der Waals surface area contributed by atoms with E-state index < -0.39 is 0 Å². The molecule has 0 bridgehead atoms. The molecule has 0 aliphatic heterocycles. The first-order valence-electron chi connectivity index (χ1n) is 8.43. The molecule has 2 nitrogen and oxygen atoms in total. The molecule has 0 fully saturated rings. The number of ether oxygens (including phenoxy) is 1. The second-order valence-electron chi connectivity index (χ2n) is 5.94. The summed E-state index contributed by atoms with van der Waals surface area (Å²) in [5.41, 5.74) is 3.58. The second kappa shape index (κ2) is 8.45. The Morgan fingerprint density at radius 1 is 0.840 bits per heavy atom. The lowest BCUT2D eigenvalue weighted by molar-refractivity contribution is 0.288. The molecule has 0 spiro atoms. The summed E-state index contributed by atoms with van der Waals surface area (Å²) in [4.78, 5) is 0. The van der Waals surface area contributed by atoms with Gasteiger partial charge in [-0.05, 0) is 41.7 Å². The van der Waals surface area contributed by atoms with Gasteiger partial charge in [-0.1, -0.05) is 54.6 Å². The minimum absolute atomic E-state index is 0.181. The van der Waals surface area contributed by atoms with Crippen molar-refractivity contribution in [2.24, 2.45) is 0 Å². The Labute approximate surface area is 147 Å². The minimum atomic E-state index is -0.298. The number of aliphatic hydroxyl groups excluding tert-OH is 1. The van der Waals surface area contributed by atoms with Crippen LogP contribution in [0.2, 0.25) is 0 Å². The van der Waals surface area contributed by atoms with Gasteiger partial charge in [0.15, 0.2) is 0 Å². The zero-order valence-corrected chi connectivity index (χ0v) is 14.0. The number of hydrogen-bond donors (Lipinski definition) is 1. The lowest BCUT2D eigenvalue weighted by atomic mass is 10.0.